The third kappa shape index (κ3) is 4.04. The Morgan fingerprint density at radius 3 is 2.27 bits per heavy atom. The maximum absolute atomic E-state index is 12.4. The summed E-state index contributed by atoms with van der Waals surface area (Å²) in [6, 6.07) is 0. The van der Waals surface area contributed by atoms with Crippen LogP contribution in [0.4, 0.5) is 0 Å². The summed E-state index contributed by atoms with van der Waals surface area (Å²) in [6.45, 7) is 12.7. The van der Waals surface area contributed by atoms with Gasteiger partial charge in [-0.1, -0.05) is 0 Å². The lowest BCUT2D eigenvalue weighted by Gasteiger charge is -2.14. The largest absolute Gasteiger partial charge is 0.494 e. The molecule has 0 radical (unpaired) electrons. The molecule has 1 heterocycles. The van der Waals surface area contributed by atoms with E-state index in [1.54, 1.807) is 4.57 Å². The van der Waals surface area contributed by atoms with Gasteiger partial charge >= 0.3 is 0 Å². The third-order valence-electron chi connectivity index (χ3n) is 3.88. The van der Waals surface area contributed by atoms with Crippen molar-refractivity contribution in [3.8, 4) is 5.88 Å². The number of nitrogens with zero attached hydrogens (tertiary/aromatic N) is 3. The van der Waals surface area contributed by atoms with E-state index in [0.717, 1.165) is 19.6 Å². The standard InChI is InChI=1S/C15H26N4O2S/c1-5-17(6-2)10-9-16-11-12-13(20)18(7-3)15(22)19(8-4)14(12)21/h11,20H,5-10H2,1-4H3/p+1. The number of aromatic nitrogens is 2. The molecular formula is C15H27N4O2S+. The van der Waals surface area contributed by atoms with Crippen molar-refractivity contribution in [2.45, 2.75) is 40.8 Å². The van der Waals surface area contributed by atoms with Crippen LogP contribution < -0.4 is 10.5 Å². The average Bonchev–Trinajstić information content (AvgIpc) is 2.51. The topological polar surface area (TPSA) is 64.0 Å². The van der Waals surface area contributed by atoms with Gasteiger partial charge in [0.2, 0.25) is 5.88 Å². The van der Waals surface area contributed by atoms with Crippen LogP contribution in [0.3, 0.4) is 0 Å². The highest BCUT2D eigenvalue weighted by atomic mass is 32.1. The molecule has 0 aliphatic carbocycles. The highest BCUT2D eigenvalue weighted by Gasteiger charge is 2.13. The minimum atomic E-state index is -0.284. The maximum atomic E-state index is 12.4. The van der Waals surface area contributed by atoms with Crippen LogP contribution in [0.2, 0.25) is 0 Å². The Labute approximate surface area is 136 Å². The fourth-order valence-electron chi connectivity index (χ4n) is 2.37. The first-order valence-electron chi connectivity index (χ1n) is 7.91. The van der Waals surface area contributed by atoms with Gasteiger partial charge in [-0.25, -0.2) is 0 Å². The zero-order valence-electron chi connectivity index (χ0n) is 13.9. The van der Waals surface area contributed by atoms with Crippen molar-refractivity contribution in [3.63, 3.8) is 0 Å². The predicted molar refractivity (Wildman–Crippen MR) is 91.9 cm³/mol. The summed E-state index contributed by atoms with van der Waals surface area (Å²) in [5.41, 5.74) is -0.0690. The van der Waals surface area contributed by atoms with E-state index in [-0.39, 0.29) is 17.0 Å². The van der Waals surface area contributed by atoms with E-state index in [0.29, 0.717) is 24.4 Å². The van der Waals surface area contributed by atoms with E-state index >= 15 is 0 Å². The summed E-state index contributed by atoms with van der Waals surface area (Å²) >= 11 is 5.24. The Bertz CT molecular complexity index is 630. The zero-order chi connectivity index (χ0) is 16.7. The van der Waals surface area contributed by atoms with Crippen LogP contribution in [0.5, 0.6) is 5.88 Å². The molecule has 0 atom stereocenters. The van der Waals surface area contributed by atoms with E-state index in [1.165, 1.54) is 15.7 Å². The van der Waals surface area contributed by atoms with E-state index < -0.39 is 0 Å². The van der Waals surface area contributed by atoms with Crippen molar-refractivity contribution < 1.29 is 10.0 Å². The number of nitrogens with one attached hydrogen (secondary N) is 1. The number of hydrogen-bond donors (Lipinski definition) is 2. The fraction of sp³-hybridized carbons (Fsp3) is 0.667. The molecule has 124 valence electrons. The first-order chi connectivity index (χ1) is 10.5. The van der Waals surface area contributed by atoms with Gasteiger partial charge in [0.1, 0.15) is 5.56 Å². The predicted octanol–water partition coefficient (Wildman–Crippen LogP) is 0.468. The van der Waals surface area contributed by atoms with E-state index in [4.69, 9.17) is 12.2 Å². The molecule has 0 bridgehead atoms. The second-order valence-electron chi connectivity index (χ2n) is 5.06. The second-order valence-corrected chi connectivity index (χ2v) is 5.42. The number of hydrogen-bond acceptors (Lipinski definition) is 4. The van der Waals surface area contributed by atoms with E-state index in [1.807, 2.05) is 13.8 Å². The summed E-state index contributed by atoms with van der Waals surface area (Å²) in [5, 5.41) is 10.3. The molecule has 1 rings (SSSR count). The van der Waals surface area contributed by atoms with Crippen LogP contribution in [-0.2, 0) is 13.1 Å². The molecule has 0 amide bonds. The highest BCUT2D eigenvalue weighted by molar-refractivity contribution is 7.71. The molecule has 0 aliphatic heterocycles. The normalized spacial score (nSPS) is 11.7. The quantitative estimate of drug-likeness (QED) is 0.539. The minimum Gasteiger partial charge on any atom is -0.494 e. The van der Waals surface area contributed by atoms with Crippen LogP contribution >= 0.6 is 12.2 Å². The highest BCUT2D eigenvalue weighted by Crippen LogP contribution is 2.12. The van der Waals surface area contributed by atoms with Crippen molar-refractivity contribution in [2.24, 2.45) is 4.99 Å². The molecule has 0 saturated carbocycles. The summed E-state index contributed by atoms with van der Waals surface area (Å²) in [5.74, 6) is -0.0962. The SMILES string of the molecule is CCn1c(O)c(C=NCC[NH+](CC)CC)c(=O)n(CC)c1=S. The van der Waals surface area contributed by atoms with Crippen molar-refractivity contribution in [1.29, 1.82) is 0 Å². The Balaban J connectivity index is 3.09. The van der Waals surface area contributed by atoms with Gasteiger partial charge in [-0.3, -0.25) is 18.9 Å². The molecule has 22 heavy (non-hydrogen) atoms. The molecule has 2 N–H and O–H groups in total. The van der Waals surface area contributed by atoms with E-state index in [2.05, 4.69) is 18.8 Å². The van der Waals surface area contributed by atoms with Gasteiger partial charge in [-0.05, 0) is 39.9 Å². The van der Waals surface area contributed by atoms with Crippen molar-refractivity contribution in [1.82, 2.24) is 9.13 Å². The number of likely N-dealkylation sites (N-methyl/N-ethyl adjacent to an activating group) is 1. The molecule has 0 aliphatic rings. The maximum Gasteiger partial charge on any atom is 0.267 e. The van der Waals surface area contributed by atoms with Gasteiger partial charge in [-0.2, -0.15) is 0 Å². The van der Waals surface area contributed by atoms with Crippen molar-refractivity contribution in [2.75, 3.05) is 26.2 Å². The van der Waals surface area contributed by atoms with Crippen LogP contribution in [0.1, 0.15) is 33.3 Å². The summed E-state index contributed by atoms with van der Waals surface area (Å²) in [7, 11) is 0. The number of aromatic hydroxyl groups is 1. The van der Waals surface area contributed by atoms with Crippen LogP contribution in [-0.4, -0.2) is 46.6 Å². The lowest BCUT2D eigenvalue weighted by molar-refractivity contribution is -0.894. The van der Waals surface area contributed by atoms with Gasteiger partial charge in [0.05, 0.1) is 26.2 Å². The Morgan fingerprint density at radius 1 is 1.18 bits per heavy atom. The molecule has 6 nitrogen and oxygen atoms in total. The summed E-state index contributed by atoms with van der Waals surface area (Å²) < 4.78 is 3.38. The van der Waals surface area contributed by atoms with Gasteiger partial charge in [-0.15, -0.1) is 0 Å². The molecule has 1 aromatic heterocycles. The molecule has 0 spiro atoms. The molecule has 1 aromatic rings. The number of quaternary nitrogens is 1. The molecule has 0 fully saturated rings. The smallest absolute Gasteiger partial charge is 0.267 e. The molecule has 7 heteroatoms. The number of aliphatic imine (C=N–C) groups is 1. The van der Waals surface area contributed by atoms with Gasteiger partial charge in [0.25, 0.3) is 5.56 Å². The van der Waals surface area contributed by atoms with Gasteiger partial charge < -0.3 is 10.0 Å². The molecule has 0 aromatic carbocycles. The minimum absolute atomic E-state index is 0.0962. The van der Waals surface area contributed by atoms with Crippen LogP contribution in [0.25, 0.3) is 0 Å². The van der Waals surface area contributed by atoms with Crippen molar-refractivity contribution in [3.05, 3.63) is 20.7 Å². The summed E-state index contributed by atoms with van der Waals surface area (Å²) in [4.78, 5) is 18.1. The summed E-state index contributed by atoms with van der Waals surface area (Å²) in [6.07, 6.45) is 1.48. The molecule has 0 unspecified atom stereocenters. The third-order valence-corrected chi connectivity index (χ3v) is 4.32. The lowest BCUT2D eigenvalue weighted by atomic mass is 10.3. The monoisotopic (exact) mass is 327 g/mol. The average molecular weight is 327 g/mol. The first-order valence-corrected chi connectivity index (χ1v) is 8.32. The van der Waals surface area contributed by atoms with Crippen LogP contribution in [0.15, 0.2) is 9.79 Å². The first kappa shape index (κ1) is 18.6. The van der Waals surface area contributed by atoms with Crippen LogP contribution in [0, 0.1) is 4.77 Å². The molecule has 0 saturated heterocycles. The van der Waals surface area contributed by atoms with Crippen molar-refractivity contribution >= 4 is 18.4 Å². The lowest BCUT2D eigenvalue weighted by Crippen LogP contribution is -3.11. The Kier molecular flexibility index (Phi) is 7.47. The molecular weight excluding hydrogens is 300 g/mol. The zero-order valence-corrected chi connectivity index (χ0v) is 14.7. The Hall–Kier alpha value is -1.47. The van der Waals surface area contributed by atoms with Gasteiger partial charge in [0, 0.05) is 19.3 Å². The van der Waals surface area contributed by atoms with E-state index in [9.17, 15) is 9.90 Å². The fourth-order valence-corrected chi connectivity index (χ4v) is 2.80. The van der Waals surface area contributed by atoms with Gasteiger partial charge in [0.15, 0.2) is 4.77 Å². The Morgan fingerprint density at radius 2 is 1.77 bits per heavy atom. The second kappa shape index (κ2) is 8.85. The number of rotatable bonds is 8.